The van der Waals surface area contributed by atoms with Crippen molar-refractivity contribution < 1.29 is 9.50 Å². The highest BCUT2D eigenvalue weighted by molar-refractivity contribution is 7.81. The van der Waals surface area contributed by atoms with E-state index in [2.05, 4.69) is 5.32 Å². The number of benzene rings is 1. The number of anilines is 1. The molecule has 2 N–H and O–H groups in total. The molecule has 0 heterocycles. The second-order valence-corrected chi connectivity index (χ2v) is 4.66. The number of thiocarbonyl (C=S) groups is 1. The second-order valence-electron chi connectivity index (χ2n) is 4.26. The molecule has 0 fully saturated rings. The Morgan fingerprint density at radius 1 is 1.40 bits per heavy atom. The van der Waals surface area contributed by atoms with E-state index in [1.165, 1.54) is 12.1 Å². The van der Waals surface area contributed by atoms with Crippen LogP contribution in [0.25, 0.3) is 0 Å². The molecule has 0 bridgehead atoms. The number of hydrogen-bond acceptors (Lipinski definition) is 4. The van der Waals surface area contributed by atoms with Gasteiger partial charge in [0.25, 0.3) is 0 Å². The fourth-order valence-corrected chi connectivity index (χ4v) is 1.70. The summed E-state index contributed by atoms with van der Waals surface area (Å²) in [5.41, 5.74) is -0.138. The van der Waals surface area contributed by atoms with Crippen LogP contribution in [-0.4, -0.2) is 10.1 Å². The summed E-state index contributed by atoms with van der Waals surface area (Å²) in [6.45, 7) is 3.41. The van der Waals surface area contributed by atoms with E-state index >= 15 is 0 Å². The van der Waals surface area contributed by atoms with Crippen molar-refractivity contribution >= 4 is 22.9 Å². The zero-order valence-corrected chi connectivity index (χ0v) is 11.8. The topological polar surface area (TPSA) is 79.8 Å². The molecule has 0 aliphatic rings. The molecule has 1 aromatic rings. The maximum Gasteiger partial charge on any atom is 0.143 e. The van der Waals surface area contributed by atoms with E-state index in [0.717, 1.165) is 6.07 Å². The van der Waals surface area contributed by atoms with Gasteiger partial charge in [-0.05, 0) is 12.1 Å². The van der Waals surface area contributed by atoms with Gasteiger partial charge in [-0.2, -0.15) is 10.5 Å². The van der Waals surface area contributed by atoms with Gasteiger partial charge in [-0.15, -0.1) is 0 Å². The normalized spacial score (nSPS) is 11.3. The van der Waals surface area contributed by atoms with E-state index < -0.39 is 5.82 Å². The molecule has 0 amide bonds. The summed E-state index contributed by atoms with van der Waals surface area (Å²) in [5.74, 6) is -1.11. The summed E-state index contributed by atoms with van der Waals surface area (Å²) in [4.78, 5) is -0.0548. The monoisotopic (exact) mass is 289 g/mol. The van der Waals surface area contributed by atoms with Crippen molar-refractivity contribution in [2.45, 2.75) is 13.8 Å². The van der Waals surface area contributed by atoms with Crippen molar-refractivity contribution in [1.29, 1.82) is 10.5 Å². The van der Waals surface area contributed by atoms with Gasteiger partial charge in [0.15, 0.2) is 0 Å². The standard InChI is InChI=1S/C14H12FN3OS/c1-8(2)13(19)10(7-17)14(20)18-12-5-3-4-11(15)9(12)6-16/h3-5,8,19H,1-2H3,(H,18,20)/b13-10-. The summed E-state index contributed by atoms with van der Waals surface area (Å²) in [7, 11) is 0. The Balaban J connectivity index is 3.16. The Labute approximate surface area is 121 Å². The van der Waals surface area contributed by atoms with Crippen molar-refractivity contribution in [2.75, 3.05) is 5.32 Å². The Morgan fingerprint density at radius 2 is 2.05 bits per heavy atom. The van der Waals surface area contributed by atoms with Crippen molar-refractivity contribution in [3.05, 3.63) is 40.9 Å². The van der Waals surface area contributed by atoms with E-state index in [1.807, 2.05) is 0 Å². The van der Waals surface area contributed by atoms with E-state index in [4.69, 9.17) is 22.7 Å². The number of hydrogen-bond donors (Lipinski definition) is 2. The highest BCUT2D eigenvalue weighted by atomic mass is 32.1. The average Bonchev–Trinajstić information content (AvgIpc) is 2.39. The molecule has 0 radical (unpaired) electrons. The quantitative estimate of drug-likeness (QED) is 0.386. The predicted molar refractivity (Wildman–Crippen MR) is 77.4 cm³/mol. The number of aliphatic hydroxyl groups excluding tert-OH is 1. The summed E-state index contributed by atoms with van der Waals surface area (Å²) in [6.07, 6.45) is 0. The molecule has 0 saturated heterocycles. The molecule has 6 heteroatoms. The Morgan fingerprint density at radius 3 is 2.55 bits per heavy atom. The van der Waals surface area contributed by atoms with Crippen LogP contribution in [0.15, 0.2) is 29.5 Å². The van der Waals surface area contributed by atoms with Crippen LogP contribution in [0.3, 0.4) is 0 Å². The fourth-order valence-electron chi connectivity index (χ4n) is 1.44. The highest BCUT2D eigenvalue weighted by Crippen LogP contribution is 2.20. The minimum atomic E-state index is -0.684. The minimum absolute atomic E-state index is 0.0548. The molecule has 0 atom stereocenters. The van der Waals surface area contributed by atoms with Gasteiger partial charge in [0, 0.05) is 5.92 Å². The number of rotatable bonds is 3. The predicted octanol–water partition coefficient (Wildman–Crippen LogP) is 3.43. The van der Waals surface area contributed by atoms with Crippen LogP contribution in [0, 0.1) is 34.4 Å². The Kier molecular flexibility index (Phi) is 5.19. The third kappa shape index (κ3) is 3.31. The van der Waals surface area contributed by atoms with Gasteiger partial charge in [-0.3, -0.25) is 0 Å². The van der Waals surface area contributed by atoms with Gasteiger partial charge >= 0.3 is 0 Å². The number of nitrogens with zero attached hydrogens (tertiary/aromatic N) is 2. The van der Waals surface area contributed by atoms with Gasteiger partial charge in [0.05, 0.1) is 5.69 Å². The summed E-state index contributed by atoms with van der Waals surface area (Å²) < 4.78 is 13.4. The number of halogens is 1. The van der Waals surface area contributed by atoms with Crippen LogP contribution >= 0.6 is 12.2 Å². The van der Waals surface area contributed by atoms with Gasteiger partial charge in [0.2, 0.25) is 0 Å². The zero-order valence-electron chi connectivity index (χ0n) is 10.9. The lowest BCUT2D eigenvalue weighted by Crippen LogP contribution is -2.16. The Bertz CT molecular complexity index is 653. The third-order valence-corrected chi connectivity index (χ3v) is 2.82. The van der Waals surface area contributed by atoms with Crippen LogP contribution in [-0.2, 0) is 0 Å². The lowest BCUT2D eigenvalue weighted by atomic mass is 10.1. The minimum Gasteiger partial charge on any atom is -0.511 e. The van der Waals surface area contributed by atoms with E-state index in [-0.39, 0.29) is 33.5 Å². The molecule has 0 spiro atoms. The van der Waals surface area contributed by atoms with Crippen molar-refractivity contribution in [3.8, 4) is 12.1 Å². The second kappa shape index (κ2) is 6.65. The smallest absolute Gasteiger partial charge is 0.143 e. The van der Waals surface area contributed by atoms with E-state index in [9.17, 15) is 9.50 Å². The first-order valence-electron chi connectivity index (χ1n) is 5.75. The largest absolute Gasteiger partial charge is 0.511 e. The van der Waals surface area contributed by atoms with Crippen LogP contribution in [0.4, 0.5) is 10.1 Å². The van der Waals surface area contributed by atoms with Crippen LogP contribution < -0.4 is 5.32 Å². The molecule has 1 aromatic carbocycles. The molecule has 20 heavy (non-hydrogen) atoms. The maximum atomic E-state index is 13.4. The molecule has 4 nitrogen and oxygen atoms in total. The maximum absolute atomic E-state index is 13.4. The molecule has 102 valence electrons. The van der Waals surface area contributed by atoms with Crippen LogP contribution in [0.1, 0.15) is 19.4 Å². The van der Waals surface area contributed by atoms with Crippen molar-refractivity contribution in [2.24, 2.45) is 5.92 Å². The van der Waals surface area contributed by atoms with Gasteiger partial charge < -0.3 is 10.4 Å². The lowest BCUT2D eigenvalue weighted by molar-refractivity contribution is 0.350. The van der Waals surface area contributed by atoms with E-state index in [0.29, 0.717) is 0 Å². The molecular formula is C14H12FN3OS. The first-order valence-corrected chi connectivity index (χ1v) is 6.16. The van der Waals surface area contributed by atoms with Gasteiger partial charge in [0.1, 0.15) is 39.8 Å². The molecule has 0 saturated carbocycles. The molecule has 0 aromatic heterocycles. The number of allylic oxidation sites excluding steroid dienone is 1. The molecule has 0 unspecified atom stereocenters. The van der Waals surface area contributed by atoms with Crippen molar-refractivity contribution in [3.63, 3.8) is 0 Å². The SMILES string of the molecule is CC(C)/C(O)=C(\C#N)C(=S)Nc1cccc(F)c1C#N. The zero-order chi connectivity index (χ0) is 15.3. The third-order valence-electron chi connectivity index (χ3n) is 2.52. The highest BCUT2D eigenvalue weighted by Gasteiger charge is 2.16. The van der Waals surface area contributed by atoms with Gasteiger partial charge in [-0.25, -0.2) is 4.39 Å². The Hall–Kier alpha value is -2.44. The first kappa shape index (κ1) is 15.6. The molecule has 0 aliphatic heterocycles. The fraction of sp³-hybridized carbons (Fsp3) is 0.214. The number of nitriles is 2. The molecule has 1 rings (SSSR count). The summed E-state index contributed by atoms with van der Waals surface area (Å²) in [6, 6.07) is 7.56. The summed E-state index contributed by atoms with van der Waals surface area (Å²) in [5, 5.41) is 30.4. The lowest BCUT2D eigenvalue weighted by Gasteiger charge is -2.12. The van der Waals surface area contributed by atoms with Crippen LogP contribution in [0.2, 0.25) is 0 Å². The molecular weight excluding hydrogens is 277 g/mol. The number of nitrogens with one attached hydrogen (secondary N) is 1. The number of aliphatic hydroxyl groups is 1. The molecule has 0 aliphatic carbocycles. The average molecular weight is 289 g/mol. The van der Waals surface area contributed by atoms with Gasteiger partial charge in [-0.1, -0.05) is 32.1 Å². The summed E-state index contributed by atoms with van der Waals surface area (Å²) >= 11 is 5.02. The van der Waals surface area contributed by atoms with Crippen molar-refractivity contribution in [1.82, 2.24) is 0 Å². The van der Waals surface area contributed by atoms with E-state index in [1.54, 1.807) is 26.0 Å². The van der Waals surface area contributed by atoms with Crippen LogP contribution in [0.5, 0.6) is 0 Å². The first-order chi connectivity index (χ1) is 9.42.